The molecule has 39 atom stereocenters. The fraction of sp³-hybridized carbons (Fsp3) is 0.960. The molecule has 41 nitrogen and oxygen atoms in total. The third kappa shape index (κ3) is 17.5. The molecule has 41 heteroatoms. The van der Waals surface area contributed by atoms with E-state index in [0.29, 0.717) is 0 Å². The van der Waals surface area contributed by atoms with Gasteiger partial charge < -0.3 is 199 Å². The van der Waals surface area contributed by atoms with Crippen molar-refractivity contribution in [1.82, 2.24) is 5.32 Å². The predicted octanol–water partition coefficient (Wildman–Crippen LogP) is -17.5. The van der Waals surface area contributed by atoms with Gasteiger partial charge in [0.1, 0.15) is 183 Å². The van der Waals surface area contributed by atoms with Crippen molar-refractivity contribution in [3.8, 4) is 0 Å². The molecule has 0 bridgehead atoms. The number of aliphatic hydroxyl groups is 25. The van der Waals surface area contributed by atoms with Crippen LogP contribution in [0.3, 0.4) is 0 Å². The monoisotopic (exact) mass is 1340 g/mol. The molecule has 0 aromatic rings. The van der Waals surface area contributed by atoms with Crippen molar-refractivity contribution in [1.29, 1.82) is 0 Å². The van der Waals surface area contributed by atoms with E-state index >= 15 is 0 Å². The van der Waals surface area contributed by atoms with E-state index in [2.05, 4.69) is 5.32 Å². The first-order chi connectivity index (χ1) is 42.9. The van der Waals surface area contributed by atoms with Crippen LogP contribution in [0.25, 0.3) is 0 Å². The van der Waals surface area contributed by atoms with E-state index in [1.807, 2.05) is 0 Å². The Morgan fingerprint density at radius 3 is 1.27 bits per heavy atom. The lowest BCUT2D eigenvalue weighted by Gasteiger charge is -2.51. The average Bonchev–Trinajstić information content (AvgIpc) is 0.852. The van der Waals surface area contributed by atoms with E-state index in [9.17, 15) is 137 Å². The maximum atomic E-state index is 12.8. The summed E-state index contributed by atoms with van der Waals surface area (Å²) >= 11 is 0. The van der Waals surface area contributed by atoms with E-state index in [1.54, 1.807) is 0 Å². The fourth-order valence-corrected chi connectivity index (χ4v) is 10.9. The van der Waals surface area contributed by atoms with Crippen molar-refractivity contribution in [3.05, 3.63) is 0 Å². The lowest BCUT2D eigenvalue weighted by Crippen LogP contribution is -2.71. The Hall–Kier alpha value is -2.38. The fourth-order valence-electron chi connectivity index (χ4n) is 10.9. The second kappa shape index (κ2) is 34.2. The van der Waals surface area contributed by atoms with Gasteiger partial charge in [-0.3, -0.25) is 4.79 Å². The van der Waals surface area contributed by atoms with Crippen molar-refractivity contribution < 1.29 is 199 Å². The minimum atomic E-state index is -2.12. The van der Waals surface area contributed by atoms with Crippen LogP contribution in [-0.2, 0) is 71.2 Å². The van der Waals surface area contributed by atoms with Crippen LogP contribution in [0.15, 0.2) is 0 Å². The maximum absolute atomic E-state index is 12.8. The highest BCUT2D eigenvalue weighted by Crippen LogP contribution is 2.38. The van der Waals surface area contributed by atoms with Gasteiger partial charge in [-0.25, -0.2) is 0 Å². The molecule has 7 heterocycles. The highest BCUT2D eigenvalue weighted by atomic mass is 16.8. The minimum Gasteiger partial charge on any atom is -0.394 e. The van der Waals surface area contributed by atoms with Crippen LogP contribution < -0.4 is 5.32 Å². The van der Waals surface area contributed by atoms with Crippen LogP contribution in [0.2, 0.25) is 0 Å². The Labute approximate surface area is 515 Å². The van der Waals surface area contributed by atoms with Gasteiger partial charge in [-0.05, 0) is 13.8 Å². The SMILES string of the molecule is CC(=O)N[C@H]1[C@H](O[C@H]2[C@@H](O)[C@@H](CO)O[C@@H](O[C@H]3[C@H](O)[C@@H](O)C(O)O[C@@H]3CO)[C@@H]2O)O[C@H](CO)[C@@H](O[C@@H]2O[C@@H](C)[C@@H](O)[C@@H](O)[C@@H]2O)[C@@H]1O[C@@H]1O[C@H](CO)[C@H](O)[C@H](O)[C@H]1O.C[C@@H]1O[C@@H](O[C@H]2[C@H](O[C@@H]([C@H](O)[C@@H](O)C=O)[C@H](O)CO)O[C@H](CO)[C@H](O)[C@@H]2O)[C@@H](O)[C@H](O)[C@@H]1O. The first kappa shape index (κ1) is 77.6. The largest absolute Gasteiger partial charge is 0.394 e. The average molecular weight is 1340 g/mol. The number of nitrogens with one attached hydrogen (secondary N) is 1. The number of rotatable bonds is 23. The molecule has 7 saturated heterocycles. The first-order valence-corrected chi connectivity index (χ1v) is 28.7. The number of aliphatic hydroxyl groups excluding tert-OH is 25. The number of carbonyl (C=O) groups excluding carboxylic acids is 2. The lowest BCUT2D eigenvalue weighted by molar-refractivity contribution is -0.391. The zero-order valence-corrected chi connectivity index (χ0v) is 48.6. The quantitative estimate of drug-likeness (QED) is 0.0422. The van der Waals surface area contributed by atoms with Crippen LogP contribution in [-0.4, -0.2) is 419 Å². The van der Waals surface area contributed by atoms with Crippen LogP contribution in [0.5, 0.6) is 0 Å². The first-order valence-electron chi connectivity index (χ1n) is 28.7. The standard InChI is InChI=1S/C32H55NO25.C18H32O15/c1-7-14(39)17(42)21(46)30(50-7)56-25-12(6-37)54-29(13(33-8(2)38)26(25)57-31-22(47)18(43)15(40)9(3-34)52-31)58-27-16(41)10(4-35)53-32(23(27)48)55-24-11(5-36)51-28(49)20(45)19(24)44;1-5-9(24)12(27)14(29)17(30-5)33-16-13(28)11(26)8(4-21)31-18(16)32-15(7(23)3-20)10(25)6(22)2-19/h7,9-32,34-37,39-49H,3-6H2,1-2H3,(H,33,38);2,5-18,20-29H,3-4H2,1H3/t7-,9+,10+,11+,12+,13+,14+,15-,16-,17+,18-,19+,20+,21-,22+,23+,24+,25+,26+,27-,28?,29-,30-,31-,32-;5-,6-,7+,8+,9+,10+,11-,12+,13-,14-,15+,16+,17-,18-/m00/s1. The molecule has 26 N–H and O–H groups in total. The van der Waals surface area contributed by atoms with Gasteiger partial charge in [0.25, 0.3) is 0 Å². The molecule has 7 fully saturated rings. The summed E-state index contributed by atoms with van der Waals surface area (Å²) in [6, 6.07) is -1.75. The zero-order chi connectivity index (χ0) is 67.9. The van der Waals surface area contributed by atoms with Gasteiger partial charge in [-0.1, -0.05) is 0 Å². The number of ether oxygens (including phenoxy) is 13. The third-order valence-corrected chi connectivity index (χ3v) is 16.3. The lowest BCUT2D eigenvalue weighted by atomic mass is 9.93. The van der Waals surface area contributed by atoms with E-state index in [0.717, 1.165) is 6.92 Å². The Balaban J connectivity index is 0.000000338. The molecule has 0 aliphatic carbocycles. The highest BCUT2D eigenvalue weighted by Gasteiger charge is 2.59. The molecule has 1 amide bonds. The van der Waals surface area contributed by atoms with E-state index < -0.39 is 285 Å². The molecule has 0 aromatic carbocycles. The van der Waals surface area contributed by atoms with Crippen LogP contribution in [0.4, 0.5) is 0 Å². The topological polar surface area (TPSA) is 672 Å². The Bertz CT molecular complexity index is 2190. The molecule has 0 radical (unpaired) electrons. The number of carbonyl (C=O) groups is 2. The van der Waals surface area contributed by atoms with Gasteiger partial charge in [0.05, 0.1) is 51.8 Å². The van der Waals surface area contributed by atoms with Crippen LogP contribution in [0.1, 0.15) is 20.8 Å². The molecular formula is C50H87NO40. The van der Waals surface area contributed by atoms with Crippen molar-refractivity contribution in [2.24, 2.45) is 0 Å². The highest BCUT2D eigenvalue weighted by molar-refractivity contribution is 5.73. The smallest absolute Gasteiger partial charge is 0.217 e. The third-order valence-electron chi connectivity index (χ3n) is 16.3. The van der Waals surface area contributed by atoms with Crippen LogP contribution >= 0.6 is 0 Å². The van der Waals surface area contributed by atoms with Crippen molar-refractivity contribution in [2.45, 2.75) is 260 Å². The molecular weight excluding hydrogens is 1250 g/mol. The van der Waals surface area contributed by atoms with E-state index in [4.69, 9.17) is 61.6 Å². The van der Waals surface area contributed by atoms with Crippen molar-refractivity contribution in [3.63, 3.8) is 0 Å². The van der Waals surface area contributed by atoms with Gasteiger partial charge in [0, 0.05) is 6.92 Å². The summed E-state index contributed by atoms with van der Waals surface area (Å²) in [5, 5.41) is 259. The summed E-state index contributed by atoms with van der Waals surface area (Å²) in [5.74, 6) is -0.837. The molecule has 0 saturated carbocycles. The van der Waals surface area contributed by atoms with Gasteiger partial charge in [-0.15, -0.1) is 0 Å². The second-order valence-electron chi connectivity index (χ2n) is 22.6. The normalized spacial score (nSPS) is 48.7. The second-order valence-corrected chi connectivity index (χ2v) is 22.6. The molecule has 91 heavy (non-hydrogen) atoms. The number of hydrogen-bond donors (Lipinski definition) is 26. The number of aldehydes is 1. The van der Waals surface area contributed by atoms with Crippen molar-refractivity contribution >= 4 is 12.2 Å². The van der Waals surface area contributed by atoms with E-state index in [1.165, 1.54) is 13.8 Å². The summed E-state index contributed by atoms with van der Waals surface area (Å²) in [6.45, 7) is -1.82. The summed E-state index contributed by atoms with van der Waals surface area (Å²) in [5.41, 5.74) is 0. The Morgan fingerprint density at radius 2 is 0.791 bits per heavy atom. The molecule has 0 spiro atoms. The maximum Gasteiger partial charge on any atom is 0.217 e. The molecule has 7 aliphatic rings. The molecule has 1 unspecified atom stereocenters. The summed E-state index contributed by atoms with van der Waals surface area (Å²) in [7, 11) is 0. The van der Waals surface area contributed by atoms with Gasteiger partial charge >= 0.3 is 0 Å². The molecule has 532 valence electrons. The zero-order valence-electron chi connectivity index (χ0n) is 48.6. The minimum absolute atomic E-state index is 0.0593. The number of hydrogen-bond acceptors (Lipinski definition) is 40. The van der Waals surface area contributed by atoms with Crippen LogP contribution in [0, 0.1) is 0 Å². The predicted molar refractivity (Wildman–Crippen MR) is 278 cm³/mol. The molecule has 7 aliphatic heterocycles. The summed E-state index contributed by atoms with van der Waals surface area (Å²) in [4.78, 5) is 23.6. The Morgan fingerprint density at radius 1 is 0.407 bits per heavy atom. The summed E-state index contributed by atoms with van der Waals surface area (Å²) < 4.78 is 72.8. The number of amides is 1. The summed E-state index contributed by atoms with van der Waals surface area (Å²) in [6.07, 6.45) is -68.0. The van der Waals surface area contributed by atoms with Gasteiger partial charge in [0.15, 0.2) is 50.3 Å². The van der Waals surface area contributed by atoms with E-state index in [-0.39, 0.29) is 6.29 Å². The Kier molecular flexibility index (Phi) is 29.2. The van der Waals surface area contributed by atoms with Crippen molar-refractivity contribution in [2.75, 3.05) is 39.6 Å². The van der Waals surface area contributed by atoms with Gasteiger partial charge in [-0.2, -0.15) is 0 Å². The molecule has 0 aromatic heterocycles. The van der Waals surface area contributed by atoms with Gasteiger partial charge in [0.2, 0.25) is 5.91 Å². The molecule has 7 rings (SSSR count).